The molecule has 0 saturated heterocycles. The summed E-state index contributed by atoms with van der Waals surface area (Å²) in [6, 6.07) is 32.3. The predicted molar refractivity (Wildman–Crippen MR) is 173 cm³/mol. The highest BCUT2D eigenvalue weighted by molar-refractivity contribution is 6.22. The average molecular weight is 515 g/mol. The zero-order valence-corrected chi connectivity index (χ0v) is 21.4. The molecule has 186 valence electrons. The highest BCUT2D eigenvalue weighted by Crippen LogP contribution is 2.46. The molecule has 0 saturated carbocycles. The molecule has 8 aromatic rings. The lowest BCUT2D eigenvalue weighted by atomic mass is 9.83. The summed E-state index contributed by atoms with van der Waals surface area (Å²) in [7, 11) is 0. The molecule has 0 aromatic heterocycles. The minimum Gasteiger partial charge on any atom is -0.0616 e. The van der Waals surface area contributed by atoms with Crippen molar-refractivity contribution < 1.29 is 11.0 Å². The Kier molecular flexibility index (Phi) is 3.70. The second kappa shape index (κ2) is 9.22. The summed E-state index contributed by atoms with van der Waals surface area (Å²) in [5, 5.41) is 4.77. The molecule has 8 aromatic carbocycles. The summed E-state index contributed by atoms with van der Waals surface area (Å²) in [4.78, 5) is 0. The molecule has 0 spiro atoms. The number of hydrogen-bond acceptors (Lipinski definition) is 0. The summed E-state index contributed by atoms with van der Waals surface area (Å²) in [6.07, 6.45) is 0. The van der Waals surface area contributed by atoms with Crippen LogP contribution in [0.4, 0.5) is 0 Å². The van der Waals surface area contributed by atoms with Crippen LogP contribution in [-0.2, 0) is 0 Å². The quantitative estimate of drug-likeness (QED) is 0.206. The van der Waals surface area contributed by atoms with E-state index in [1.54, 1.807) is 0 Å². The van der Waals surface area contributed by atoms with Gasteiger partial charge in [0.05, 0.1) is 11.0 Å². The van der Waals surface area contributed by atoms with Crippen LogP contribution in [0.1, 0.15) is 11.0 Å². The molecule has 0 nitrogen and oxygen atoms in total. The SMILES string of the molecule is [2H]c1c([2H])c([2H])c2c(-c3ccccc3-c3ccc4ccccc4c3)c3c([2H])c([2H])c([2H])c([2H])c3c(-c3ccc4ccccc4c3)c2c1[2H]. The molecule has 0 aliphatic heterocycles. The smallest absolute Gasteiger partial charge is 0.0616 e. The first kappa shape index (κ1) is 16.0. The Morgan fingerprint density at radius 3 is 1.35 bits per heavy atom. The van der Waals surface area contributed by atoms with E-state index in [4.69, 9.17) is 5.48 Å². The van der Waals surface area contributed by atoms with Gasteiger partial charge in [0, 0.05) is 0 Å². The predicted octanol–water partition coefficient (Wildman–Crippen LogP) is 11.3. The maximum absolute atomic E-state index is 9.30. The molecular formula is C40H26. The molecule has 0 bridgehead atoms. The van der Waals surface area contributed by atoms with Crippen LogP contribution in [0.3, 0.4) is 0 Å². The second-order valence-corrected chi connectivity index (χ2v) is 9.92. The van der Waals surface area contributed by atoms with Crippen molar-refractivity contribution in [3.8, 4) is 33.4 Å². The highest BCUT2D eigenvalue weighted by atomic mass is 14.2. The van der Waals surface area contributed by atoms with Crippen LogP contribution in [0.15, 0.2) is 158 Å². The Balaban J connectivity index is 1.63. The fourth-order valence-corrected chi connectivity index (χ4v) is 5.84. The van der Waals surface area contributed by atoms with Crippen LogP contribution in [-0.4, -0.2) is 0 Å². The van der Waals surface area contributed by atoms with E-state index >= 15 is 0 Å². The normalized spacial score (nSPS) is 14.3. The van der Waals surface area contributed by atoms with Crippen molar-refractivity contribution in [2.45, 2.75) is 0 Å². The highest BCUT2D eigenvalue weighted by Gasteiger charge is 2.18. The van der Waals surface area contributed by atoms with Crippen molar-refractivity contribution in [1.82, 2.24) is 0 Å². The largest absolute Gasteiger partial charge is 0.0629 e. The van der Waals surface area contributed by atoms with Crippen LogP contribution in [0.5, 0.6) is 0 Å². The molecule has 0 heterocycles. The molecule has 0 heteroatoms. The van der Waals surface area contributed by atoms with Gasteiger partial charge in [0.2, 0.25) is 0 Å². The lowest BCUT2D eigenvalue weighted by molar-refractivity contribution is 1.62. The van der Waals surface area contributed by atoms with Gasteiger partial charge in [-0.25, -0.2) is 0 Å². The third-order valence-electron chi connectivity index (χ3n) is 7.67. The van der Waals surface area contributed by atoms with Crippen molar-refractivity contribution in [3.63, 3.8) is 0 Å². The first-order valence-corrected chi connectivity index (χ1v) is 13.2. The Morgan fingerprint density at radius 2 is 0.775 bits per heavy atom. The number of hydrogen-bond donors (Lipinski definition) is 0. The first-order chi connectivity index (χ1) is 23.2. The Hall–Kier alpha value is -5.20. The molecule has 0 atom stereocenters. The molecule has 0 aliphatic rings. The van der Waals surface area contributed by atoms with E-state index in [1.165, 1.54) is 0 Å². The van der Waals surface area contributed by atoms with Crippen molar-refractivity contribution in [3.05, 3.63) is 158 Å². The van der Waals surface area contributed by atoms with Crippen LogP contribution in [0, 0.1) is 0 Å². The van der Waals surface area contributed by atoms with E-state index in [0.717, 1.165) is 32.7 Å². The van der Waals surface area contributed by atoms with Gasteiger partial charge in [-0.05, 0) is 88.6 Å². The van der Waals surface area contributed by atoms with Crippen LogP contribution in [0.25, 0.3) is 76.5 Å². The monoisotopic (exact) mass is 514 g/mol. The van der Waals surface area contributed by atoms with Gasteiger partial charge < -0.3 is 0 Å². The van der Waals surface area contributed by atoms with E-state index in [9.17, 15) is 5.48 Å². The Bertz CT molecular complexity index is 2580. The van der Waals surface area contributed by atoms with Crippen LogP contribution >= 0.6 is 0 Å². The average Bonchev–Trinajstić information content (AvgIpc) is 3.12. The van der Waals surface area contributed by atoms with E-state index in [0.29, 0.717) is 22.3 Å². The molecule has 0 amide bonds. The van der Waals surface area contributed by atoms with Gasteiger partial charge in [0.1, 0.15) is 0 Å². The fraction of sp³-hybridized carbons (Fsp3) is 0. The van der Waals surface area contributed by atoms with Gasteiger partial charge in [0.25, 0.3) is 0 Å². The van der Waals surface area contributed by atoms with E-state index < -0.39 is 24.2 Å². The fourth-order valence-electron chi connectivity index (χ4n) is 5.84. The minimum absolute atomic E-state index is 0.204. The van der Waals surface area contributed by atoms with Crippen molar-refractivity contribution in [2.75, 3.05) is 0 Å². The zero-order valence-electron chi connectivity index (χ0n) is 29.4. The molecule has 8 rings (SSSR count). The standard InChI is InChI=1S/C40H26/c1-3-13-29-25-31(23-21-27(29)11-1)33-15-5-6-16-34(33)40-37-19-9-7-17-35(37)39(36-18-8-10-20-38(36)40)32-24-22-28-12-2-4-14-30(28)26-32/h1-26H/i7D,8D,9D,10D,17D,18D,19D,20D. The first-order valence-electron chi connectivity index (χ1n) is 17.2. The van der Waals surface area contributed by atoms with Crippen molar-refractivity contribution in [2.24, 2.45) is 0 Å². The van der Waals surface area contributed by atoms with Gasteiger partial charge >= 0.3 is 0 Å². The lowest BCUT2D eigenvalue weighted by Crippen LogP contribution is -1.92. The molecule has 0 fully saturated rings. The maximum Gasteiger partial charge on any atom is 0.0629 e. The molecule has 0 N–H and O–H groups in total. The van der Waals surface area contributed by atoms with E-state index in [-0.39, 0.29) is 45.7 Å². The van der Waals surface area contributed by atoms with Gasteiger partial charge in [-0.15, -0.1) is 0 Å². The lowest BCUT2D eigenvalue weighted by Gasteiger charge is -2.20. The summed E-state index contributed by atoms with van der Waals surface area (Å²) in [5.74, 6) is 0. The summed E-state index contributed by atoms with van der Waals surface area (Å²) >= 11 is 0. The van der Waals surface area contributed by atoms with Gasteiger partial charge in [-0.1, -0.05) is 145 Å². The molecular weight excluding hydrogens is 480 g/mol. The molecule has 0 unspecified atom stereocenters. The van der Waals surface area contributed by atoms with Gasteiger partial charge in [0.15, 0.2) is 0 Å². The topological polar surface area (TPSA) is 0 Å². The van der Waals surface area contributed by atoms with Crippen LogP contribution in [0.2, 0.25) is 0 Å². The molecule has 40 heavy (non-hydrogen) atoms. The summed E-state index contributed by atoms with van der Waals surface area (Å²) < 4.78 is 72.1. The Morgan fingerprint density at radius 1 is 0.350 bits per heavy atom. The van der Waals surface area contributed by atoms with Gasteiger partial charge in [-0.3, -0.25) is 0 Å². The third kappa shape index (κ3) is 3.61. The van der Waals surface area contributed by atoms with Gasteiger partial charge in [-0.2, -0.15) is 0 Å². The second-order valence-electron chi connectivity index (χ2n) is 9.92. The number of rotatable bonds is 3. The minimum atomic E-state index is -0.415. The van der Waals surface area contributed by atoms with Crippen molar-refractivity contribution >= 4 is 43.1 Å². The Labute approximate surface area is 245 Å². The molecule has 0 radical (unpaired) electrons. The maximum atomic E-state index is 9.30. The number of fused-ring (bicyclic) bond motifs is 4. The molecule has 0 aliphatic carbocycles. The zero-order chi connectivity index (χ0) is 33.4. The van der Waals surface area contributed by atoms with Crippen LogP contribution < -0.4 is 0 Å². The third-order valence-corrected chi connectivity index (χ3v) is 7.67. The summed E-state index contributed by atoms with van der Waals surface area (Å²) in [6.45, 7) is 0. The van der Waals surface area contributed by atoms with Crippen molar-refractivity contribution in [1.29, 1.82) is 0 Å². The van der Waals surface area contributed by atoms with E-state index in [2.05, 4.69) is 6.07 Å². The van der Waals surface area contributed by atoms with E-state index in [1.807, 2.05) is 103 Å². The number of benzene rings is 8. The summed E-state index contributed by atoms with van der Waals surface area (Å²) in [5.41, 5.74) is 3.51.